The van der Waals surface area contributed by atoms with Crippen LogP contribution in [0.25, 0.3) is 0 Å². The third kappa shape index (κ3) is 4.35. The summed E-state index contributed by atoms with van der Waals surface area (Å²) >= 11 is 5.80. The highest BCUT2D eigenvalue weighted by molar-refractivity contribution is 7.90. The van der Waals surface area contributed by atoms with Gasteiger partial charge in [0.1, 0.15) is 5.75 Å². The maximum atomic E-state index is 12.5. The van der Waals surface area contributed by atoms with Crippen molar-refractivity contribution in [3.8, 4) is 5.75 Å². The van der Waals surface area contributed by atoms with Gasteiger partial charge in [-0.25, -0.2) is 18.1 Å². The van der Waals surface area contributed by atoms with Gasteiger partial charge in [-0.2, -0.15) is 5.10 Å². The highest BCUT2D eigenvalue weighted by Gasteiger charge is 2.25. The minimum atomic E-state index is -3.93. The van der Waals surface area contributed by atoms with Crippen molar-refractivity contribution in [2.24, 2.45) is 16.0 Å². The molecular weight excluding hydrogens is 340 g/mol. The van der Waals surface area contributed by atoms with Crippen LogP contribution < -0.4 is 4.72 Å². The summed E-state index contributed by atoms with van der Waals surface area (Å²) in [5.41, 5.74) is 0. The molecule has 2 N–H and O–H groups in total. The van der Waals surface area contributed by atoms with Crippen molar-refractivity contribution in [2.75, 3.05) is 13.1 Å². The number of hydrogen-bond donors (Lipinski definition) is 2. The van der Waals surface area contributed by atoms with Crippen molar-refractivity contribution in [3.05, 3.63) is 23.2 Å². The summed E-state index contributed by atoms with van der Waals surface area (Å²) in [4.78, 5) is 4.04. The van der Waals surface area contributed by atoms with Crippen LogP contribution in [0.15, 0.2) is 33.2 Å². The topological polar surface area (TPSA) is 94.4 Å². The molecule has 126 valence electrons. The third-order valence-corrected chi connectivity index (χ3v) is 4.82. The van der Waals surface area contributed by atoms with Gasteiger partial charge in [0.15, 0.2) is 0 Å². The summed E-state index contributed by atoms with van der Waals surface area (Å²) in [6, 6.07) is 3.65. The lowest BCUT2D eigenvalue weighted by Crippen LogP contribution is -2.41. The normalized spacial score (nSPS) is 18.5. The Morgan fingerprint density at radius 3 is 2.78 bits per heavy atom. The van der Waals surface area contributed by atoms with Crippen molar-refractivity contribution in [1.29, 1.82) is 0 Å². The molecule has 1 atom stereocenters. The molecule has 0 amide bonds. The second-order valence-electron chi connectivity index (χ2n) is 5.06. The molecule has 1 aromatic carbocycles. The van der Waals surface area contributed by atoms with E-state index in [1.54, 1.807) is 13.1 Å². The first-order valence-corrected chi connectivity index (χ1v) is 9.10. The van der Waals surface area contributed by atoms with E-state index < -0.39 is 10.0 Å². The molecule has 1 unspecified atom stereocenters. The summed E-state index contributed by atoms with van der Waals surface area (Å²) < 4.78 is 27.4. The number of aliphatic imine (C=N–C) groups is 1. The van der Waals surface area contributed by atoms with E-state index in [0.717, 1.165) is 12.5 Å². The molecular formula is C14H19ClN4O3S. The summed E-state index contributed by atoms with van der Waals surface area (Å²) in [6.07, 6.45) is 2.69. The number of guanidine groups is 1. The summed E-state index contributed by atoms with van der Waals surface area (Å²) in [6.45, 7) is 4.81. The zero-order chi connectivity index (χ0) is 17.0. The second-order valence-corrected chi connectivity index (χ2v) is 7.18. The van der Waals surface area contributed by atoms with E-state index in [4.69, 9.17) is 11.6 Å². The molecule has 0 spiro atoms. The molecule has 0 aromatic heterocycles. The lowest BCUT2D eigenvalue weighted by Gasteiger charge is -2.19. The fraction of sp³-hybridized carbons (Fsp3) is 0.429. The van der Waals surface area contributed by atoms with Crippen molar-refractivity contribution in [2.45, 2.75) is 25.2 Å². The van der Waals surface area contributed by atoms with Gasteiger partial charge in [0, 0.05) is 29.8 Å². The Morgan fingerprint density at radius 1 is 1.48 bits per heavy atom. The molecule has 1 aliphatic rings. The first-order chi connectivity index (χ1) is 10.9. The Bertz CT molecular complexity index is 713. The molecule has 23 heavy (non-hydrogen) atoms. The average Bonchev–Trinajstić information content (AvgIpc) is 2.94. The Morgan fingerprint density at radius 2 is 2.22 bits per heavy atom. The van der Waals surface area contributed by atoms with Gasteiger partial charge >= 0.3 is 0 Å². The van der Waals surface area contributed by atoms with Crippen molar-refractivity contribution in [1.82, 2.24) is 9.73 Å². The van der Waals surface area contributed by atoms with Crippen LogP contribution in [0.1, 0.15) is 20.3 Å². The van der Waals surface area contributed by atoms with Crippen LogP contribution in [0.3, 0.4) is 0 Å². The van der Waals surface area contributed by atoms with Crippen LogP contribution in [0.5, 0.6) is 5.75 Å². The van der Waals surface area contributed by atoms with E-state index in [1.807, 2.05) is 6.92 Å². The molecule has 0 radical (unpaired) electrons. The number of hydrazone groups is 1. The largest absolute Gasteiger partial charge is 0.508 e. The van der Waals surface area contributed by atoms with Gasteiger partial charge in [0.2, 0.25) is 5.96 Å². The summed E-state index contributed by atoms with van der Waals surface area (Å²) in [7, 11) is -3.93. The maximum Gasteiger partial charge on any atom is 0.264 e. The Kier molecular flexibility index (Phi) is 5.48. The van der Waals surface area contributed by atoms with Crippen molar-refractivity contribution in [3.63, 3.8) is 0 Å². The second kappa shape index (κ2) is 7.18. The van der Waals surface area contributed by atoms with E-state index in [0.29, 0.717) is 13.1 Å². The molecule has 9 heteroatoms. The molecule has 0 bridgehead atoms. The number of halogens is 1. The first-order valence-electron chi connectivity index (χ1n) is 7.24. The predicted molar refractivity (Wildman–Crippen MR) is 90.4 cm³/mol. The molecule has 1 aliphatic heterocycles. The first kappa shape index (κ1) is 17.6. The number of rotatable bonds is 4. The number of nitrogens with zero attached hydrogens (tertiary/aromatic N) is 3. The van der Waals surface area contributed by atoms with Gasteiger partial charge in [0.25, 0.3) is 10.0 Å². The number of phenolic OH excluding ortho intramolecular Hbond substituents is 1. The van der Waals surface area contributed by atoms with Gasteiger partial charge < -0.3 is 5.11 Å². The lowest BCUT2D eigenvalue weighted by atomic mass is 10.1. The molecule has 1 heterocycles. The average molecular weight is 359 g/mol. The van der Waals surface area contributed by atoms with Crippen LogP contribution in [0, 0.1) is 5.92 Å². The van der Waals surface area contributed by atoms with Gasteiger partial charge in [-0.1, -0.05) is 18.5 Å². The number of nitrogens with one attached hydrogen (secondary N) is 1. The highest BCUT2D eigenvalue weighted by Crippen LogP contribution is 2.23. The lowest BCUT2D eigenvalue weighted by molar-refractivity contribution is 0.429. The number of hydrogen-bond acceptors (Lipinski definition) is 5. The van der Waals surface area contributed by atoms with Gasteiger partial charge in [-0.15, -0.1) is 0 Å². The quantitative estimate of drug-likeness (QED) is 0.636. The van der Waals surface area contributed by atoms with Crippen LogP contribution in [-0.2, 0) is 10.0 Å². The maximum absolute atomic E-state index is 12.5. The number of phenols is 1. The van der Waals surface area contributed by atoms with Crippen LogP contribution >= 0.6 is 11.6 Å². The number of benzene rings is 1. The van der Waals surface area contributed by atoms with E-state index in [9.17, 15) is 13.5 Å². The summed E-state index contributed by atoms with van der Waals surface area (Å²) in [5.74, 6) is 0.188. The van der Waals surface area contributed by atoms with E-state index in [-0.39, 0.29) is 27.5 Å². The Balaban J connectivity index is 2.26. The van der Waals surface area contributed by atoms with Crippen LogP contribution in [-0.4, -0.2) is 43.8 Å². The molecule has 2 rings (SSSR count). The summed E-state index contributed by atoms with van der Waals surface area (Å²) in [5, 5.41) is 15.4. The van der Waals surface area contributed by atoms with Gasteiger partial charge in [-0.3, -0.25) is 4.99 Å². The van der Waals surface area contributed by atoms with E-state index in [1.165, 1.54) is 17.1 Å². The minimum absolute atomic E-state index is 0.129. The molecule has 0 aliphatic carbocycles. The monoisotopic (exact) mass is 358 g/mol. The molecule has 0 saturated carbocycles. The molecule has 0 fully saturated rings. The number of sulfonamides is 1. The van der Waals surface area contributed by atoms with Crippen LogP contribution in [0.4, 0.5) is 0 Å². The fourth-order valence-corrected chi connectivity index (χ4v) is 3.45. The molecule has 7 nitrogen and oxygen atoms in total. The van der Waals surface area contributed by atoms with Crippen molar-refractivity contribution < 1.29 is 13.5 Å². The molecule has 0 saturated heterocycles. The smallest absolute Gasteiger partial charge is 0.264 e. The van der Waals surface area contributed by atoms with Crippen molar-refractivity contribution >= 4 is 33.8 Å². The zero-order valence-electron chi connectivity index (χ0n) is 12.9. The Hall–Kier alpha value is -1.80. The highest BCUT2D eigenvalue weighted by atomic mass is 35.5. The predicted octanol–water partition coefficient (Wildman–Crippen LogP) is 2.03. The van der Waals surface area contributed by atoms with Gasteiger partial charge in [-0.05, 0) is 25.5 Å². The zero-order valence-corrected chi connectivity index (χ0v) is 14.5. The van der Waals surface area contributed by atoms with E-state index in [2.05, 4.69) is 14.8 Å². The molecule has 1 aromatic rings. The standard InChI is InChI=1S/C14H19ClN4O3S/c1-3-10-8-17-19(9-10)14(16-4-2)18-23(21,22)13-6-11(15)5-12(20)7-13/h5-8,10,20H,3-4,9H2,1-2H3,(H,16,18). The van der Waals surface area contributed by atoms with Crippen LogP contribution in [0.2, 0.25) is 5.02 Å². The van der Waals surface area contributed by atoms with E-state index >= 15 is 0 Å². The third-order valence-electron chi connectivity index (χ3n) is 3.29. The fourth-order valence-electron chi connectivity index (χ4n) is 2.07. The number of aromatic hydroxyl groups is 1. The Labute approximate surface area is 140 Å². The SMILES string of the molecule is CCN=C(NS(=O)(=O)c1cc(O)cc(Cl)c1)N1CC(CC)C=N1. The van der Waals surface area contributed by atoms with Gasteiger partial charge in [0.05, 0.1) is 11.4 Å². The minimum Gasteiger partial charge on any atom is -0.508 e.